The van der Waals surface area contributed by atoms with Crippen LogP contribution in [0.4, 0.5) is 0 Å². The van der Waals surface area contributed by atoms with Gasteiger partial charge in [0.2, 0.25) is 5.91 Å². The Morgan fingerprint density at radius 1 is 1.35 bits per heavy atom. The molecular weight excluding hydrogens is 222 g/mol. The van der Waals surface area contributed by atoms with Gasteiger partial charge < -0.3 is 14.6 Å². The number of imidazole rings is 1. The number of hydrogen-bond donors (Lipinski definition) is 1. The SMILES string of the molecule is O=C(O)C1CC1C(=O)N1CCn2ccnc2C1. The molecule has 1 N–H and O–H groups in total. The second-order valence-electron chi connectivity index (χ2n) is 4.58. The molecule has 1 fully saturated rings. The maximum absolute atomic E-state index is 12.0. The Kier molecular flexibility index (Phi) is 2.17. The third-order valence-corrected chi connectivity index (χ3v) is 3.48. The highest BCUT2D eigenvalue weighted by atomic mass is 16.4. The summed E-state index contributed by atoms with van der Waals surface area (Å²) in [6.45, 7) is 1.88. The van der Waals surface area contributed by atoms with Gasteiger partial charge in [-0.15, -0.1) is 0 Å². The van der Waals surface area contributed by atoms with Gasteiger partial charge in [-0.3, -0.25) is 9.59 Å². The van der Waals surface area contributed by atoms with Crippen molar-refractivity contribution in [3.05, 3.63) is 18.2 Å². The molecule has 17 heavy (non-hydrogen) atoms. The molecule has 1 saturated carbocycles. The fourth-order valence-corrected chi connectivity index (χ4v) is 2.34. The first kappa shape index (κ1) is 10.3. The molecule has 6 heteroatoms. The Hall–Kier alpha value is -1.85. The minimum absolute atomic E-state index is 0.0355. The molecule has 0 saturated heterocycles. The average molecular weight is 235 g/mol. The summed E-state index contributed by atoms with van der Waals surface area (Å²) in [6.07, 6.45) is 4.11. The van der Waals surface area contributed by atoms with Crippen LogP contribution in [0, 0.1) is 11.8 Å². The van der Waals surface area contributed by atoms with Crippen molar-refractivity contribution in [3.8, 4) is 0 Å². The van der Waals surface area contributed by atoms with Gasteiger partial charge in [0.05, 0.1) is 18.4 Å². The van der Waals surface area contributed by atoms with Gasteiger partial charge in [0.1, 0.15) is 5.82 Å². The van der Waals surface area contributed by atoms with Crippen molar-refractivity contribution in [3.63, 3.8) is 0 Å². The first-order valence-corrected chi connectivity index (χ1v) is 5.68. The minimum Gasteiger partial charge on any atom is -0.481 e. The molecule has 0 radical (unpaired) electrons. The Balaban J connectivity index is 1.68. The molecule has 0 aromatic carbocycles. The second kappa shape index (κ2) is 3.58. The van der Waals surface area contributed by atoms with Crippen LogP contribution in [-0.4, -0.2) is 38.0 Å². The number of amides is 1. The van der Waals surface area contributed by atoms with E-state index in [0.717, 1.165) is 12.4 Å². The van der Waals surface area contributed by atoms with Crippen LogP contribution in [0.15, 0.2) is 12.4 Å². The third kappa shape index (κ3) is 1.69. The zero-order chi connectivity index (χ0) is 12.0. The first-order valence-electron chi connectivity index (χ1n) is 5.68. The van der Waals surface area contributed by atoms with Gasteiger partial charge in [0.25, 0.3) is 0 Å². The smallest absolute Gasteiger partial charge is 0.307 e. The van der Waals surface area contributed by atoms with Gasteiger partial charge in [0.15, 0.2) is 0 Å². The maximum Gasteiger partial charge on any atom is 0.307 e. The molecule has 0 spiro atoms. The normalized spacial score (nSPS) is 26.5. The lowest BCUT2D eigenvalue weighted by Gasteiger charge is -2.27. The van der Waals surface area contributed by atoms with Gasteiger partial charge in [-0.25, -0.2) is 4.98 Å². The summed E-state index contributed by atoms with van der Waals surface area (Å²) in [5.41, 5.74) is 0. The average Bonchev–Trinajstić information content (AvgIpc) is 2.99. The lowest BCUT2D eigenvalue weighted by Crippen LogP contribution is -2.39. The molecular formula is C11H13N3O3. The van der Waals surface area contributed by atoms with Crippen LogP contribution in [-0.2, 0) is 22.7 Å². The van der Waals surface area contributed by atoms with Crippen LogP contribution in [0.1, 0.15) is 12.2 Å². The molecule has 2 unspecified atom stereocenters. The van der Waals surface area contributed by atoms with Gasteiger partial charge in [0, 0.05) is 25.5 Å². The van der Waals surface area contributed by atoms with Crippen molar-refractivity contribution in [2.24, 2.45) is 11.8 Å². The number of aromatic nitrogens is 2. The minimum atomic E-state index is -0.859. The molecule has 2 atom stereocenters. The Morgan fingerprint density at radius 2 is 2.18 bits per heavy atom. The van der Waals surface area contributed by atoms with E-state index in [-0.39, 0.29) is 11.8 Å². The lowest BCUT2D eigenvalue weighted by molar-refractivity contribution is -0.142. The number of fused-ring (bicyclic) bond motifs is 1. The number of nitrogens with zero attached hydrogens (tertiary/aromatic N) is 3. The maximum atomic E-state index is 12.0. The standard InChI is InChI=1S/C11H13N3O3/c15-10(7-5-8(7)11(16)17)14-4-3-13-2-1-12-9(13)6-14/h1-2,7-8H,3-6H2,(H,16,17). The highest BCUT2D eigenvalue weighted by Gasteiger charge is 2.50. The molecule has 90 valence electrons. The number of carboxylic acids is 1. The summed E-state index contributed by atoms with van der Waals surface area (Å²) < 4.78 is 2.02. The Bertz CT molecular complexity index is 482. The summed E-state index contributed by atoms with van der Waals surface area (Å²) in [4.78, 5) is 28.7. The summed E-state index contributed by atoms with van der Waals surface area (Å²) >= 11 is 0. The lowest BCUT2D eigenvalue weighted by atomic mass is 10.2. The number of rotatable bonds is 2. The quantitative estimate of drug-likeness (QED) is 0.779. The van der Waals surface area contributed by atoms with E-state index in [2.05, 4.69) is 4.98 Å². The van der Waals surface area contributed by atoms with Crippen LogP contribution in [0.5, 0.6) is 0 Å². The van der Waals surface area contributed by atoms with Crippen molar-refractivity contribution in [1.29, 1.82) is 0 Å². The van der Waals surface area contributed by atoms with Crippen molar-refractivity contribution in [1.82, 2.24) is 14.5 Å². The van der Waals surface area contributed by atoms with Crippen LogP contribution in [0.3, 0.4) is 0 Å². The topological polar surface area (TPSA) is 75.4 Å². The van der Waals surface area contributed by atoms with Gasteiger partial charge in [-0.2, -0.15) is 0 Å². The second-order valence-corrected chi connectivity index (χ2v) is 4.58. The van der Waals surface area contributed by atoms with Crippen LogP contribution >= 0.6 is 0 Å². The molecule has 1 aromatic rings. The van der Waals surface area contributed by atoms with Crippen LogP contribution < -0.4 is 0 Å². The number of hydrogen-bond acceptors (Lipinski definition) is 3. The summed E-state index contributed by atoms with van der Waals surface area (Å²) in [6, 6.07) is 0. The number of carboxylic acid groups (broad SMARTS) is 1. The Morgan fingerprint density at radius 3 is 2.88 bits per heavy atom. The third-order valence-electron chi connectivity index (χ3n) is 3.48. The highest BCUT2D eigenvalue weighted by molar-refractivity contribution is 5.89. The molecule has 2 heterocycles. The van der Waals surface area contributed by atoms with E-state index in [0.29, 0.717) is 19.5 Å². The zero-order valence-corrected chi connectivity index (χ0v) is 9.24. The van der Waals surface area contributed by atoms with E-state index in [1.165, 1.54) is 0 Å². The first-order chi connectivity index (χ1) is 8.16. The number of carbonyl (C=O) groups is 2. The van der Waals surface area contributed by atoms with Crippen molar-refractivity contribution >= 4 is 11.9 Å². The molecule has 3 rings (SSSR count). The van der Waals surface area contributed by atoms with Crippen molar-refractivity contribution < 1.29 is 14.7 Å². The largest absolute Gasteiger partial charge is 0.481 e. The summed E-state index contributed by atoms with van der Waals surface area (Å²) in [7, 11) is 0. The van der Waals surface area contributed by atoms with E-state index in [9.17, 15) is 9.59 Å². The van der Waals surface area contributed by atoms with Crippen molar-refractivity contribution in [2.45, 2.75) is 19.5 Å². The highest BCUT2D eigenvalue weighted by Crippen LogP contribution is 2.40. The molecule has 1 amide bonds. The summed E-state index contributed by atoms with van der Waals surface area (Å²) in [5, 5.41) is 8.81. The van der Waals surface area contributed by atoms with E-state index >= 15 is 0 Å². The van der Waals surface area contributed by atoms with E-state index in [1.54, 1.807) is 11.1 Å². The molecule has 1 aliphatic heterocycles. The fourth-order valence-electron chi connectivity index (χ4n) is 2.34. The van der Waals surface area contributed by atoms with Gasteiger partial charge >= 0.3 is 5.97 Å². The molecule has 6 nitrogen and oxygen atoms in total. The van der Waals surface area contributed by atoms with Crippen LogP contribution in [0.25, 0.3) is 0 Å². The fraction of sp³-hybridized carbons (Fsp3) is 0.545. The van der Waals surface area contributed by atoms with Crippen molar-refractivity contribution in [2.75, 3.05) is 6.54 Å². The summed E-state index contributed by atoms with van der Waals surface area (Å²) in [5.74, 6) is -0.802. The number of carbonyl (C=O) groups excluding carboxylic acids is 1. The predicted octanol–water partition coefficient (Wildman–Crippen LogP) is -0.0540. The van der Waals surface area contributed by atoms with E-state index < -0.39 is 11.9 Å². The van der Waals surface area contributed by atoms with E-state index in [1.807, 2.05) is 10.8 Å². The van der Waals surface area contributed by atoms with E-state index in [4.69, 9.17) is 5.11 Å². The molecule has 1 aromatic heterocycles. The molecule has 0 bridgehead atoms. The Labute approximate surface area is 97.9 Å². The predicted molar refractivity (Wildman–Crippen MR) is 56.9 cm³/mol. The van der Waals surface area contributed by atoms with Crippen LogP contribution in [0.2, 0.25) is 0 Å². The monoisotopic (exact) mass is 235 g/mol. The van der Waals surface area contributed by atoms with Gasteiger partial charge in [-0.05, 0) is 6.42 Å². The van der Waals surface area contributed by atoms with Gasteiger partial charge in [-0.1, -0.05) is 0 Å². The number of aliphatic carboxylic acids is 1. The zero-order valence-electron chi connectivity index (χ0n) is 9.24. The molecule has 2 aliphatic rings. The molecule has 1 aliphatic carbocycles.